The van der Waals surface area contributed by atoms with Gasteiger partial charge < -0.3 is 5.11 Å². The van der Waals surface area contributed by atoms with Gasteiger partial charge >= 0.3 is 5.97 Å². The predicted octanol–water partition coefficient (Wildman–Crippen LogP) is 3.63. The maximum atomic E-state index is 10.8. The Kier molecular flexibility index (Phi) is 4.61. The highest BCUT2D eigenvalue weighted by Gasteiger charge is 2.10. The molecule has 0 aliphatic carbocycles. The molecule has 0 aliphatic rings. The summed E-state index contributed by atoms with van der Waals surface area (Å²) >= 11 is 0. The number of rotatable bonds is 5. The summed E-state index contributed by atoms with van der Waals surface area (Å²) in [5.74, 6) is -0.949. The van der Waals surface area contributed by atoms with Gasteiger partial charge in [-0.2, -0.15) is 10.2 Å². The Morgan fingerprint density at radius 1 is 1.12 bits per heavy atom. The lowest BCUT2D eigenvalue weighted by atomic mass is 10.2. The molecule has 3 rings (SSSR count). The third-order valence-corrected chi connectivity index (χ3v) is 3.87. The lowest BCUT2D eigenvalue weighted by molar-refractivity contribution is 0.0697. The van der Waals surface area contributed by atoms with Gasteiger partial charge in [-0.3, -0.25) is 5.43 Å². The molecule has 0 amide bonds. The molecule has 0 saturated heterocycles. The first kappa shape index (κ1) is 16.4. The topological polar surface area (TPSA) is 79.5 Å². The largest absolute Gasteiger partial charge is 0.478 e. The number of anilines is 1. The third-order valence-electron chi connectivity index (χ3n) is 3.87. The average molecular weight is 334 g/mol. The predicted molar refractivity (Wildman–Crippen MR) is 97.7 cm³/mol. The number of aryl methyl sites for hydroxylation is 1. The van der Waals surface area contributed by atoms with E-state index in [4.69, 9.17) is 5.11 Å². The van der Waals surface area contributed by atoms with Crippen molar-refractivity contribution in [2.45, 2.75) is 13.8 Å². The lowest BCUT2D eigenvalue weighted by Crippen LogP contribution is -1.99. The lowest BCUT2D eigenvalue weighted by Gasteiger charge is -2.03. The van der Waals surface area contributed by atoms with E-state index < -0.39 is 5.97 Å². The Labute approximate surface area is 145 Å². The van der Waals surface area contributed by atoms with Gasteiger partial charge in [0.25, 0.3) is 0 Å². The van der Waals surface area contributed by atoms with Crippen LogP contribution >= 0.6 is 0 Å². The quantitative estimate of drug-likeness (QED) is 0.551. The summed E-state index contributed by atoms with van der Waals surface area (Å²) in [7, 11) is 0. The number of aromatic carboxylic acids is 1. The molecule has 25 heavy (non-hydrogen) atoms. The number of hydrogen-bond acceptors (Lipinski definition) is 4. The Morgan fingerprint density at radius 3 is 2.44 bits per heavy atom. The number of benzene rings is 2. The molecule has 1 heterocycles. The van der Waals surface area contributed by atoms with E-state index in [2.05, 4.69) is 15.6 Å². The second-order valence-electron chi connectivity index (χ2n) is 5.58. The molecule has 0 saturated carbocycles. The van der Waals surface area contributed by atoms with Crippen molar-refractivity contribution < 1.29 is 9.90 Å². The Balaban J connectivity index is 1.78. The first-order valence-electron chi connectivity index (χ1n) is 7.80. The molecule has 2 aromatic carbocycles. The van der Waals surface area contributed by atoms with Crippen molar-refractivity contribution in [3.63, 3.8) is 0 Å². The van der Waals surface area contributed by atoms with Gasteiger partial charge in [0.2, 0.25) is 0 Å². The van der Waals surface area contributed by atoms with Crippen molar-refractivity contribution >= 4 is 17.9 Å². The fourth-order valence-corrected chi connectivity index (χ4v) is 2.52. The summed E-state index contributed by atoms with van der Waals surface area (Å²) in [4.78, 5) is 10.8. The number of carboxylic acid groups (broad SMARTS) is 1. The highest BCUT2D eigenvalue weighted by molar-refractivity contribution is 5.88. The Hall–Kier alpha value is -3.41. The molecule has 2 N–H and O–H groups in total. The van der Waals surface area contributed by atoms with E-state index in [1.165, 1.54) is 12.1 Å². The van der Waals surface area contributed by atoms with E-state index >= 15 is 0 Å². The zero-order valence-corrected chi connectivity index (χ0v) is 14.0. The number of hydrazone groups is 1. The van der Waals surface area contributed by atoms with Crippen LogP contribution in [0, 0.1) is 13.8 Å². The number of nitrogens with zero attached hydrogens (tertiary/aromatic N) is 3. The first-order valence-corrected chi connectivity index (χ1v) is 7.80. The fourth-order valence-electron chi connectivity index (χ4n) is 2.52. The molecule has 3 aromatic rings. The molecular weight excluding hydrogens is 316 g/mol. The van der Waals surface area contributed by atoms with Crippen LogP contribution in [0.15, 0.2) is 59.7 Å². The zero-order chi connectivity index (χ0) is 17.8. The van der Waals surface area contributed by atoms with Crippen molar-refractivity contribution in [1.82, 2.24) is 9.78 Å². The van der Waals surface area contributed by atoms with Crippen LogP contribution < -0.4 is 5.43 Å². The number of carbonyl (C=O) groups is 1. The van der Waals surface area contributed by atoms with Crippen molar-refractivity contribution in [2.75, 3.05) is 5.43 Å². The van der Waals surface area contributed by atoms with Gasteiger partial charge in [-0.15, -0.1) is 0 Å². The van der Waals surface area contributed by atoms with Gasteiger partial charge in [-0.25, -0.2) is 9.48 Å². The van der Waals surface area contributed by atoms with Crippen molar-refractivity contribution in [3.05, 3.63) is 77.1 Å². The summed E-state index contributed by atoms with van der Waals surface area (Å²) in [5, 5.41) is 17.7. The minimum atomic E-state index is -0.949. The highest BCUT2D eigenvalue weighted by Crippen LogP contribution is 2.16. The third kappa shape index (κ3) is 3.58. The van der Waals surface area contributed by atoms with Crippen LogP contribution in [-0.2, 0) is 0 Å². The molecule has 0 spiro atoms. The number of nitrogens with one attached hydrogen (secondary N) is 1. The van der Waals surface area contributed by atoms with Crippen LogP contribution in [-0.4, -0.2) is 27.1 Å². The maximum absolute atomic E-state index is 10.8. The van der Waals surface area contributed by atoms with Gasteiger partial charge in [0, 0.05) is 5.56 Å². The van der Waals surface area contributed by atoms with E-state index in [0.717, 1.165) is 22.6 Å². The van der Waals surface area contributed by atoms with Gasteiger partial charge in [0.1, 0.15) is 0 Å². The van der Waals surface area contributed by atoms with Crippen LogP contribution in [0.25, 0.3) is 5.69 Å². The number of aromatic nitrogens is 2. The van der Waals surface area contributed by atoms with E-state index in [9.17, 15) is 4.79 Å². The summed E-state index contributed by atoms with van der Waals surface area (Å²) < 4.78 is 1.89. The monoisotopic (exact) mass is 334 g/mol. The molecule has 0 atom stereocenters. The van der Waals surface area contributed by atoms with Gasteiger partial charge in [0.05, 0.1) is 34.5 Å². The maximum Gasteiger partial charge on any atom is 0.335 e. The fraction of sp³-hybridized carbons (Fsp3) is 0.105. The van der Waals surface area contributed by atoms with Crippen LogP contribution in [0.3, 0.4) is 0 Å². The van der Waals surface area contributed by atoms with Crippen LogP contribution in [0.2, 0.25) is 0 Å². The molecule has 1 aromatic heterocycles. The van der Waals surface area contributed by atoms with Crippen molar-refractivity contribution in [2.24, 2.45) is 5.10 Å². The molecule has 6 nitrogen and oxygen atoms in total. The highest BCUT2D eigenvalue weighted by atomic mass is 16.4. The Bertz CT molecular complexity index is 913. The minimum Gasteiger partial charge on any atom is -0.478 e. The molecule has 6 heteroatoms. The van der Waals surface area contributed by atoms with E-state index in [-0.39, 0.29) is 5.56 Å². The zero-order valence-electron chi connectivity index (χ0n) is 14.0. The van der Waals surface area contributed by atoms with Crippen LogP contribution in [0.1, 0.15) is 27.3 Å². The van der Waals surface area contributed by atoms with Crippen molar-refractivity contribution in [1.29, 1.82) is 0 Å². The molecule has 0 radical (unpaired) electrons. The smallest absolute Gasteiger partial charge is 0.335 e. The van der Waals surface area contributed by atoms with E-state index in [1.54, 1.807) is 18.3 Å². The summed E-state index contributed by atoms with van der Waals surface area (Å²) in [5.41, 5.74) is 7.68. The number of carboxylic acids is 1. The molecule has 0 unspecified atom stereocenters. The second kappa shape index (κ2) is 7.00. The van der Waals surface area contributed by atoms with Crippen LogP contribution in [0.5, 0.6) is 0 Å². The number of para-hydroxylation sites is 1. The summed E-state index contributed by atoms with van der Waals surface area (Å²) in [6.45, 7) is 3.94. The second-order valence-corrected chi connectivity index (χ2v) is 5.58. The van der Waals surface area contributed by atoms with Gasteiger partial charge in [0.15, 0.2) is 0 Å². The van der Waals surface area contributed by atoms with E-state index in [0.29, 0.717) is 5.69 Å². The molecular formula is C19H18N4O2. The van der Waals surface area contributed by atoms with Crippen LogP contribution in [0.4, 0.5) is 5.69 Å². The van der Waals surface area contributed by atoms with Gasteiger partial charge in [-0.05, 0) is 50.2 Å². The molecule has 0 bridgehead atoms. The average Bonchev–Trinajstić information content (AvgIpc) is 2.91. The Morgan fingerprint density at radius 2 is 1.80 bits per heavy atom. The van der Waals surface area contributed by atoms with E-state index in [1.807, 2.05) is 48.9 Å². The summed E-state index contributed by atoms with van der Waals surface area (Å²) in [6, 6.07) is 16.3. The summed E-state index contributed by atoms with van der Waals surface area (Å²) in [6.07, 6.45) is 1.72. The normalized spacial score (nSPS) is 11.0. The molecule has 0 fully saturated rings. The SMILES string of the molecule is Cc1nn(-c2ccccc2)c(C)c1/C=N\Nc1ccc(C(=O)O)cc1. The molecule has 0 aliphatic heterocycles. The molecule has 126 valence electrons. The number of hydrogen-bond donors (Lipinski definition) is 2. The van der Waals surface area contributed by atoms with Crippen molar-refractivity contribution in [3.8, 4) is 5.69 Å². The van der Waals surface area contributed by atoms with Gasteiger partial charge in [-0.1, -0.05) is 18.2 Å². The minimum absolute atomic E-state index is 0.241. The standard InChI is InChI=1S/C19H18N4O2/c1-13-18(14(2)23(22-13)17-6-4-3-5-7-17)12-20-21-16-10-8-15(9-11-16)19(24)25/h3-12,21H,1-2H3,(H,24,25)/b20-12-. The first-order chi connectivity index (χ1) is 12.1.